The Morgan fingerprint density at radius 1 is 0.949 bits per heavy atom. The Labute approximate surface area is 232 Å². The molecule has 39 heavy (non-hydrogen) atoms. The van der Waals surface area contributed by atoms with Crippen LogP contribution in [0.5, 0.6) is 0 Å². The molecule has 0 saturated heterocycles. The first-order valence-electron chi connectivity index (χ1n) is 11.8. The molecule has 4 rings (SSSR count). The number of anilines is 2. The first-order chi connectivity index (χ1) is 18.8. The fourth-order valence-electron chi connectivity index (χ4n) is 3.35. The fraction of sp³-hybridized carbons (Fsp3) is 0.107. The van der Waals surface area contributed by atoms with Crippen molar-refractivity contribution in [2.75, 3.05) is 10.6 Å². The van der Waals surface area contributed by atoms with Gasteiger partial charge in [-0.15, -0.1) is 22.0 Å². The standard InChI is InChI=1S/C28H24FN5O3S2/c1-17(25(35)32-28-34-33-18(2)39-28)38-22-13-8-12-21(16-22)30-27(37)24(15-20-11-6-7-14-23(20)29)31-26(36)19-9-4-3-5-10-19/h3-17H,1-2H3,(H,30,37)(H,31,36)(H,32,34,35)/b24-15-. The van der Waals surface area contributed by atoms with Gasteiger partial charge < -0.3 is 10.6 Å². The Hall–Kier alpha value is -4.35. The lowest BCUT2D eigenvalue weighted by molar-refractivity contribution is -0.115. The van der Waals surface area contributed by atoms with E-state index in [9.17, 15) is 18.8 Å². The summed E-state index contributed by atoms with van der Waals surface area (Å²) in [7, 11) is 0. The third kappa shape index (κ3) is 7.82. The van der Waals surface area contributed by atoms with Gasteiger partial charge in [0, 0.05) is 21.7 Å². The Morgan fingerprint density at radius 2 is 1.69 bits per heavy atom. The van der Waals surface area contributed by atoms with Crippen LogP contribution >= 0.6 is 23.1 Å². The Kier molecular flexibility index (Phi) is 9.18. The Balaban J connectivity index is 1.49. The number of aromatic nitrogens is 2. The van der Waals surface area contributed by atoms with Crippen molar-refractivity contribution >= 4 is 57.7 Å². The molecule has 4 aromatic rings. The summed E-state index contributed by atoms with van der Waals surface area (Å²) in [5, 5.41) is 16.6. The maximum absolute atomic E-state index is 14.3. The molecule has 1 unspecified atom stereocenters. The predicted molar refractivity (Wildman–Crippen MR) is 152 cm³/mol. The normalized spacial score (nSPS) is 11.9. The number of rotatable bonds is 9. The largest absolute Gasteiger partial charge is 0.321 e. The molecule has 0 saturated carbocycles. The second kappa shape index (κ2) is 12.9. The summed E-state index contributed by atoms with van der Waals surface area (Å²) in [4.78, 5) is 39.3. The smallest absolute Gasteiger partial charge is 0.272 e. The van der Waals surface area contributed by atoms with E-state index in [-0.39, 0.29) is 17.2 Å². The van der Waals surface area contributed by atoms with Gasteiger partial charge in [-0.25, -0.2) is 4.39 Å². The van der Waals surface area contributed by atoms with E-state index in [1.165, 1.54) is 47.4 Å². The van der Waals surface area contributed by atoms with Crippen molar-refractivity contribution in [3.05, 3.63) is 107 Å². The fourth-order valence-corrected chi connectivity index (χ4v) is 4.87. The molecule has 0 aliphatic heterocycles. The van der Waals surface area contributed by atoms with Crippen LogP contribution in [0, 0.1) is 12.7 Å². The van der Waals surface area contributed by atoms with Crippen LogP contribution in [0.3, 0.4) is 0 Å². The number of hydrogen-bond acceptors (Lipinski definition) is 7. The van der Waals surface area contributed by atoms with Gasteiger partial charge in [0.25, 0.3) is 11.8 Å². The number of carbonyl (C=O) groups excluding carboxylic acids is 3. The lowest BCUT2D eigenvalue weighted by Crippen LogP contribution is -2.30. The van der Waals surface area contributed by atoms with Crippen molar-refractivity contribution < 1.29 is 18.8 Å². The van der Waals surface area contributed by atoms with E-state index < -0.39 is 22.9 Å². The van der Waals surface area contributed by atoms with Crippen molar-refractivity contribution in [1.29, 1.82) is 0 Å². The number of thioether (sulfide) groups is 1. The second-order valence-electron chi connectivity index (χ2n) is 8.26. The number of benzene rings is 3. The predicted octanol–water partition coefficient (Wildman–Crippen LogP) is 5.51. The summed E-state index contributed by atoms with van der Waals surface area (Å²) in [6, 6.07) is 21.3. The third-order valence-electron chi connectivity index (χ3n) is 5.26. The molecule has 0 radical (unpaired) electrons. The van der Waals surface area contributed by atoms with Crippen molar-refractivity contribution in [3.8, 4) is 0 Å². The number of carbonyl (C=O) groups is 3. The topological polar surface area (TPSA) is 113 Å². The lowest BCUT2D eigenvalue weighted by Gasteiger charge is -2.13. The van der Waals surface area contributed by atoms with Crippen LogP contribution in [-0.4, -0.2) is 33.2 Å². The number of amides is 3. The summed E-state index contributed by atoms with van der Waals surface area (Å²) < 4.78 is 14.3. The molecule has 0 aliphatic carbocycles. The highest BCUT2D eigenvalue weighted by Crippen LogP contribution is 2.27. The summed E-state index contributed by atoms with van der Waals surface area (Å²) >= 11 is 2.59. The molecule has 8 nitrogen and oxygen atoms in total. The van der Waals surface area contributed by atoms with Gasteiger partial charge in [0.2, 0.25) is 11.0 Å². The molecule has 0 aliphatic rings. The third-order valence-corrected chi connectivity index (χ3v) is 7.11. The van der Waals surface area contributed by atoms with E-state index >= 15 is 0 Å². The molecule has 3 aromatic carbocycles. The first kappa shape index (κ1) is 27.7. The van der Waals surface area contributed by atoms with Gasteiger partial charge in [0.15, 0.2) is 0 Å². The van der Waals surface area contributed by atoms with Crippen molar-refractivity contribution in [2.24, 2.45) is 0 Å². The SMILES string of the molecule is Cc1nnc(NC(=O)C(C)Sc2cccc(NC(=O)/C(=C/c3ccccc3F)NC(=O)c3ccccc3)c2)s1. The highest BCUT2D eigenvalue weighted by molar-refractivity contribution is 8.00. The lowest BCUT2D eigenvalue weighted by atomic mass is 10.1. The van der Waals surface area contributed by atoms with Crippen LogP contribution in [0.15, 0.2) is 89.5 Å². The molecule has 0 bridgehead atoms. The van der Waals surface area contributed by atoms with E-state index in [1.807, 2.05) is 6.07 Å². The Morgan fingerprint density at radius 3 is 2.41 bits per heavy atom. The zero-order valence-corrected chi connectivity index (χ0v) is 22.6. The van der Waals surface area contributed by atoms with Gasteiger partial charge >= 0.3 is 0 Å². The van der Waals surface area contributed by atoms with Gasteiger partial charge in [-0.2, -0.15) is 0 Å². The molecule has 3 amide bonds. The van der Waals surface area contributed by atoms with Crippen LogP contribution in [0.2, 0.25) is 0 Å². The van der Waals surface area contributed by atoms with Crippen molar-refractivity contribution in [3.63, 3.8) is 0 Å². The summed E-state index contributed by atoms with van der Waals surface area (Å²) in [6.07, 6.45) is 1.28. The summed E-state index contributed by atoms with van der Waals surface area (Å²) in [5.41, 5.74) is 0.794. The highest BCUT2D eigenvalue weighted by Gasteiger charge is 2.18. The minimum Gasteiger partial charge on any atom is -0.321 e. The van der Waals surface area contributed by atoms with Gasteiger partial charge in [-0.05, 0) is 56.3 Å². The van der Waals surface area contributed by atoms with Crippen LogP contribution < -0.4 is 16.0 Å². The van der Waals surface area contributed by atoms with Gasteiger partial charge in [-0.3, -0.25) is 19.7 Å². The van der Waals surface area contributed by atoms with Crippen LogP contribution in [-0.2, 0) is 9.59 Å². The molecule has 1 aromatic heterocycles. The van der Waals surface area contributed by atoms with Crippen LogP contribution in [0.25, 0.3) is 6.08 Å². The van der Waals surface area contributed by atoms with Crippen molar-refractivity contribution in [1.82, 2.24) is 15.5 Å². The number of hydrogen-bond donors (Lipinski definition) is 3. The molecule has 0 spiro atoms. The quantitative estimate of drug-likeness (QED) is 0.183. The van der Waals surface area contributed by atoms with Crippen molar-refractivity contribution in [2.45, 2.75) is 24.0 Å². The van der Waals surface area contributed by atoms with Crippen LogP contribution in [0.4, 0.5) is 15.2 Å². The molecule has 0 fully saturated rings. The molecule has 198 valence electrons. The molecular weight excluding hydrogens is 537 g/mol. The number of aryl methyl sites for hydroxylation is 1. The Bertz CT molecular complexity index is 1520. The minimum atomic E-state index is -0.637. The zero-order valence-electron chi connectivity index (χ0n) is 21.0. The number of halogens is 1. The van der Waals surface area contributed by atoms with E-state index in [1.54, 1.807) is 68.4 Å². The van der Waals surface area contributed by atoms with E-state index in [0.717, 1.165) is 9.90 Å². The average molecular weight is 562 g/mol. The maximum Gasteiger partial charge on any atom is 0.272 e. The van der Waals surface area contributed by atoms with E-state index in [0.29, 0.717) is 16.4 Å². The number of nitrogens with one attached hydrogen (secondary N) is 3. The summed E-state index contributed by atoms with van der Waals surface area (Å²) in [5.74, 6) is -1.92. The highest BCUT2D eigenvalue weighted by atomic mass is 32.2. The summed E-state index contributed by atoms with van der Waals surface area (Å²) in [6.45, 7) is 3.56. The van der Waals surface area contributed by atoms with Gasteiger partial charge in [-0.1, -0.05) is 53.8 Å². The molecule has 1 atom stereocenters. The molecule has 1 heterocycles. The zero-order chi connectivity index (χ0) is 27.8. The minimum absolute atomic E-state index is 0.132. The van der Waals surface area contributed by atoms with Crippen LogP contribution in [0.1, 0.15) is 27.9 Å². The monoisotopic (exact) mass is 561 g/mol. The number of nitrogens with zero attached hydrogens (tertiary/aromatic N) is 2. The van der Waals surface area contributed by atoms with Gasteiger partial charge in [0.1, 0.15) is 16.5 Å². The molecule has 3 N–H and O–H groups in total. The second-order valence-corrected chi connectivity index (χ2v) is 10.9. The average Bonchev–Trinajstić information content (AvgIpc) is 3.34. The molecule has 11 heteroatoms. The van der Waals surface area contributed by atoms with E-state index in [2.05, 4.69) is 26.1 Å². The maximum atomic E-state index is 14.3. The van der Waals surface area contributed by atoms with E-state index in [4.69, 9.17) is 0 Å². The first-order valence-corrected chi connectivity index (χ1v) is 13.5. The van der Waals surface area contributed by atoms with Gasteiger partial charge in [0.05, 0.1) is 5.25 Å². The molecular formula is C28H24FN5O3S2.